The Hall–Kier alpha value is -1.26. The van der Waals surface area contributed by atoms with E-state index in [-0.39, 0.29) is 6.61 Å². The van der Waals surface area contributed by atoms with Gasteiger partial charge in [-0.2, -0.15) is 0 Å². The standard InChI is InChI=1S/C13H21NO3/c1-4-14(5-6-15)10-11-7-12(16-2)9-13(8-11)17-3/h7-9,15H,4-6,10H2,1-3H3. The molecule has 0 aliphatic carbocycles. The topological polar surface area (TPSA) is 41.9 Å². The van der Waals surface area contributed by atoms with E-state index in [2.05, 4.69) is 11.8 Å². The number of aliphatic hydroxyl groups is 1. The van der Waals surface area contributed by atoms with E-state index in [1.54, 1.807) is 14.2 Å². The molecule has 1 aromatic rings. The number of benzene rings is 1. The first-order valence-electron chi connectivity index (χ1n) is 5.78. The summed E-state index contributed by atoms with van der Waals surface area (Å²) < 4.78 is 10.4. The third-order valence-electron chi connectivity index (χ3n) is 2.68. The molecule has 0 amide bonds. The van der Waals surface area contributed by atoms with E-state index in [9.17, 15) is 0 Å². The molecule has 0 aliphatic rings. The molecule has 0 bridgehead atoms. The average Bonchev–Trinajstić information content (AvgIpc) is 2.37. The van der Waals surface area contributed by atoms with E-state index >= 15 is 0 Å². The van der Waals surface area contributed by atoms with Crippen LogP contribution in [-0.2, 0) is 6.54 Å². The maximum atomic E-state index is 8.96. The van der Waals surface area contributed by atoms with Crippen LogP contribution in [0.3, 0.4) is 0 Å². The minimum Gasteiger partial charge on any atom is -0.497 e. The molecular weight excluding hydrogens is 218 g/mol. The number of ether oxygens (including phenoxy) is 2. The van der Waals surface area contributed by atoms with Gasteiger partial charge in [0.2, 0.25) is 0 Å². The molecule has 1 N–H and O–H groups in total. The lowest BCUT2D eigenvalue weighted by molar-refractivity contribution is 0.196. The number of hydrogen-bond acceptors (Lipinski definition) is 4. The maximum Gasteiger partial charge on any atom is 0.122 e. The molecule has 0 saturated carbocycles. The van der Waals surface area contributed by atoms with Gasteiger partial charge in [0.25, 0.3) is 0 Å². The summed E-state index contributed by atoms with van der Waals surface area (Å²) in [6, 6.07) is 5.83. The first-order chi connectivity index (χ1) is 8.23. The quantitative estimate of drug-likeness (QED) is 0.783. The summed E-state index contributed by atoms with van der Waals surface area (Å²) in [5.41, 5.74) is 1.12. The lowest BCUT2D eigenvalue weighted by Gasteiger charge is -2.19. The number of methoxy groups -OCH3 is 2. The molecule has 4 heteroatoms. The number of rotatable bonds is 7. The highest BCUT2D eigenvalue weighted by molar-refractivity contribution is 5.38. The monoisotopic (exact) mass is 239 g/mol. The van der Waals surface area contributed by atoms with Crippen molar-refractivity contribution in [1.82, 2.24) is 4.90 Å². The van der Waals surface area contributed by atoms with Crippen molar-refractivity contribution in [3.8, 4) is 11.5 Å². The summed E-state index contributed by atoms with van der Waals surface area (Å²) in [6.45, 7) is 4.61. The van der Waals surface area contributed by atoms with Crippen molar-refractivity contribution >= 4 is 0 Å². The smallest absolute Gasteiger partial charge is 0.122 e. The van der Waals surface area contributed by atoms with Gasteiger partial charge in [-0.25, -0.2) is 0 Å². The second-order valence-corrected chi connectivity index (χ2v) is 3.81. The van der Waals surface area contributed by atoms with Crippen LogP contribution in [0, 0.1) is 0 Å². The number of hydrogen-bond donors (Lipinski definition) is 1. The van der Waals surface area contributed by atoms with Crippen LogP contribution in [0.1, 0.15) is 12.5 Å². The molecule has 0 heterocycles. The summed E-state index contributed by atoms with van der Waals surface area (Å²) in [5.74, 6) is 1.58. The zero-order chi connectivity index (χ0) is 12.7. The van der Waals surface area contributed by atoms with Gasteiger partial charge in [-0.05, 0) is 24.2 Å². The van der Waals surface area contributed by atoms with Crippen molar-refractivity contribution in [2.75, 3.05) is 33.9 Å². The van der Waals surface area contributed by atoms with Gasteiger partial charge in [-0.1, -0.05) is 6.92 Å². The van der Waals surface area contributed by atoms with Gasteiger partial charge in [0.1, 0.15) is 11.5 Å². The molecule has 0 radical (unpaired) electrons. The van der Waals surface area contributed by atoms with Crippen LogP contribution in [-0.4, -0.2) is 43.9 Å². The van der Waals surface area contributed by atoms with Crippen molar-refractivity contribution in [3.05, 3.63) is 23.8 Å². The van der Waals surface area contributed by atoms with Crippen LogP contribution in [0.4, 0.5) is 0 Å². The molecule has 96 valence electrons. The van der Waals surface area contributed by atoms with Gasteiger partial charge in [0.15, 0.2) is 0 Å². The zero-order valence-electron chi connectivity index (χ0n) is 10.8. The summed E-state index contributed by atoms with van der Waals surface area (Å²) >= 11 is 0. The second kappa shape index (κ2) is 7.14. The van der Waals surface area contributed by atoms with E-state index in [1.165, 1.54) is 0 Å². The van der Waals surface area contributed by atoms with Gasteiger partial charge in [-0.15, -0.1) is 0 Å². The third kappa shape index (κ3) is 4.24. The predicted molar refractivity (Wildman–Crippen MR) is 67.6 cm³/mol. The number of aliphatic hydroxyl groups excluding tert-OH is 1. The summed E-state index contributed by atoms with van der Waals surface area (Å²) in [5, 5.41) is 8.96. The van der Waals surface area contributed by atoms with E-state index in [1.807, 2.05) is 18.2 Å². The molecule has 1 aromatic carbocycles. The van der Waals surface area contributed by atoms with Crippen molar-refractivity contribution < 1.29 is 14.6 Å². The molecule has 0 aromatic heterocycles. The highest BCUT2D eigenvalue weighted by atomic mass is 16.5. The first-order valence-corrected chi connectivity index (χ1v) is 5.78. The van der Waals surface area contributed by atoms with E-state index < -0.39 is 0 Å². The van der Waals surface area contributed by atoms with Crippen molar-refractivity contribution in [1.29, 1.82) is 0 Å². The molecule has 0 saturated heterocycles. The fourth-order valence-corrected chi connectivity index (χ4v) is 1.71. The van der Waals surface area contributed by atoms with Gasteiger partial charge >= 0.3 is 0 Å². The normalized spacial score (nSPS) is 10.6. The van der Waals surface area contributed by atoms with E-state index in [0.717, 1.165) is 30.2 Å². The van der Waals surface area contributed by atoms with Crippen LogP contribution in [0.2, 0.25) is 0 Å². The Morgan fingerprint density at radius 1 is 1.12 bits per heavy atom. The summed E-state index contributed by atoms with van der Waals surface area (Å²) in [6.07, 6.45) is 0. The molecule has 17 heavy (non-hydrogen) atoms. The largest absolute Gasteiger partial charge is 0.497 e. The Morgan fingerprint density at radius 2 is 1.71 bits per heavy atom. The van der Waals surface area contributed by atoms with Crippen LogP contribution < -0.4 is 9.47 Å². The molecular formula is C13H21NO3. The highest BCUT2D eigenvalue weighted by Crippen LogP contribution is 2.23. The Bertz CT molecular complexity index is 319. The summed E-state index contributed by atoms with van der Waals surface area (Å²) in [4.78, 5) is 2.16. The minimum atomic E-state index is 0.176. The first kappa shape index (κ1) is 13.8. The Balaban J connectivity index is 2.81. The van der Waals surface area contributed by atoms with E-state index in [4.69, 9.17) is 14.6 Å². The van der Waals surface area contributed by atoms with Crippen molar-refractivity contribution in [2.45, 2.75) is 13.5 Å². The molecule has 4 nitrogen and oxygen atoms in total. The maximum absolute atomic E-state index is 8.96. The molecule has 0 spiro atoms. The lowest BCUT2D eigenvalue weighted by Crippen LogP contribution is -2.26. The highest BCUT2D eigenvalue weighted by Gasteiger charge is 2.06. The lowest BCUT2D eigenvalue weighted by atomic mass is 10.2. The molecule has 0 fully saturated rings. The molecule has 0 atom stereocenters. The molecule has 0 unspecified atom stereocenters. The van der Waals surface area contributed by atoms with Crippen LogP contribution in [0.15, 0.2) is 18.2 Å². The Morgan fingerprint density at radius 3 is 2.12 bits per heavy atom. The Labute approximate surface area is 103 Å². The van der Waals surface area contributed by atoms with Crippen LogP contribution >= 0.6 is 0 Å². The zero-order valence-corrected chi connectivity index (χ0v) is 10.8. The Kier molecular flexibility index (Phi) is 5.80. The van der Waals surface area contributed by atoms with Gasteiger partial charge < -0.3 is 14.6 Å². The van der Waals surface area contributed by atoms with Gasteiger partial charge in [0, 0.05) is 19.2 Å². The van der Waals surface area contributed by atoms with Crippen LogP contribution in [0.25, 0.3) is 0 Å². The van der Waals surface area contributed by atoms with E-state index in [0.29, 0.717) is 6.54 Å². The second-order valence-electron chi connectivity index (χ2n) is 3.81. The minimum absolute atomic E-state index is 0.176. The number of likely N-dealkylation sites (N-methyl/N-ethyl adjacent to an activating group) is 1. The van der Waals surface area contributed by atoms with Crippen molar-refractivity contribution in [2.24, 2.45) is 0 Å². The fraction of sp³-hybridized carbons (Fsp3) is 0.538. The third-order valence-corrected chi connectivity index (χ3v) is 2.68. The average molecular weight is 239 g/mol. The SMILES string of the molecule is CCN(CCO)Cc1cc(OC)cc(OC)c1. The fourth-order valence-electron chi connectivity index (χ4n) is 1.71. The van der Waals surface area contributed by atoms with Gasteiger partial charge in [-0.3, -0.25) is 4.90 Å². The number of nitrogens with zero attached hydrogens (tertiary/aromatic N) is 1. The van der Waals surface area contributed by atoms with Crippen LogP contribution in [0.5, 0.6) is 11.5 Å². The predicted octanol–water partition coefficient (Wildman–Crippen LogP) is 1.52. The molecule has 1 rings (SSSR count). The molecule has 0 aliphatic heterocycles. The van der Waals surface area contributed by atoms with Crippen molar-refractivity contribution in [3.63, 3.8) is 0 Å². The summed E-state index contributed by atoms with van der Waals surface area (Å²) in [7, 11) is 3.29. The van der Waals surface area contributed by atoms with Gasteiger partial charge in [0.05, 0.1) is 20.8 Å².